The van der Waals surface area contributed by atoms with Gasteiger partial charge in [0, 0.05) is 30.0 Å². The van der Waals surface area contributed by atoms with E-state index >= 15 is 0 Å². The first kappa shape index (κ1) is 18.4. The van der Waals surface area contributed by atoms with Crippen molar-refractivity contribution in [3.8, 4) is 0 Å². The minimum atomic E-state index is -0.0524. The van der Waals surface area contributed by atoms with Crippen molar-refractivity contribution in [2.24, 2.45) is 11.8 Å². The van der Waals surface area contributed by atoms with E-state index in [4.69, 9.17) is 11.6 Å². The molecule has 2 aromatic rings. The first-order valence-electron chi connectivity index (χ1n) is 8.69. The van der Waals surface area contributed by atoms with Gasteiger partial charge in [0.2, 0.25) is 5.91 Å². The fraction of sp³-hybridized carbons (Fsp3) is 0.474. The molecule has 1 aromatic carbocycles. The van der Waals surface area contributed by atoms with Crippen molar-refractivity contribution in [1.82, 2.24) is 9.88 Å². The summed E-state index contributed by atoms with van der Waals surface area (Å²) in [6.45, 7) is 7.73. The van der Waals surface area contributed by atoms with Crippen molar-refractivity contribution in [2.75, 3.05) is 18.4 Å². The van der Waals surface area contributed by atoms with Gasteiger partial charge in [-0.15, -0.1) is 11.3 Å². The number of thiazole rings is 1. The van der Waals surface area contributed by atoms with Crippen LogP contribution in [-0.2, 0) is 17.8 Å². The van der Waals surface area contributed by atoms with E-state index < -0.39 is 0 Å². The third-order valence-corrected chi connectivity index (χ3v) is 5.46. The normalized spacial score (nSPS) is 21.2. The molecule has 0 spiro atoms. The van der Waals surface area contributed by atoms with Gasteiger partial charge in [-0.2, -0.15) is 0 Å². The number of piperidine rings is 1. The lowest BCUT2D eigenvalue weighted by Gasteiger charge is -2.34. The molecule has 1 amide bonds. The highest BCUT2D eigenvalue weighted by Crippen LogP contribution is 2.24. The number of halogens is 1. The molecule has 1 saturated heterocycles. The molecule has 1 aromatic heterocycles. The maximum atomic E-state index is 12.2. The summed E-state index contributed by atoms with van der Waals surface area (Å²) >= 11 is 7.36. The Hall–Kier alpha value is -1.43. The summed E-state index contributed by atoms with van der Waals surface area (Å²) in [5, 5.41) is 6.29. The fourth-order valence-corrected chi connectivity index (χ4v) is 4.38. The second kappa shape index (κ2) is 8.30. The number of carbonyl (C=O) groups excluding carboxylic acids is 1. The molecule has 1 aliphatic heterocycles. The number of carbonyl (C=O) groups is 1. The third kappa shape index (κ3) is 5.53. The number of aromatic nitrogens is 1. The highest BCUT2D eigenvalue weighted by atomic mass is 35.5. The Balaban J connectivity index is 1.52. The van der Waals surface area contributed by atoms with Gasteiger partial charge in [0.1, 0.15) is 0 Å². The predicted molar refractivity (Wildman–Crippen MR) is 104 cm³/mol. The summed E-state index contributed by atoms with van der Waals surface area (Å²) in [5.74, 6) is 1.42. The number of hydrogen-bond donors (Lipinski definition) is 1. The predicted octanol–water partition coefficient (Wildman–Crippen LogP) is 4.46. The van der Waals surface area contributed by atoms with E-state index in [-0.39, 0.29) is 5.91 Å². The second-order valence-electron chi connectivity index (χ2n) is 7.14. The van der Waals surface area contributed by atoms with Crippen molar-refractivity contribution < 1.29 is 4.79 Å². The minimum absolute atomic E-state index is 0.0524. The van der Waals surface area contributed by atoms with Gasteiger partial charge in [-0.3, -0.25) is 9.69 Å². The van der Waals surface area contributed by atoms with E-state index in [0.717, 1.165) is 42.7 Å². The van der Waals surface area contributed by atoms with Crippen LogP contribution in [0.15, 0.2) is 29.6 Å². The Morgan fingerprint density at radius 2 is 1.96 bits per heavy atom. The van der Waals surface area contributed by atoms with E-state index in [1.165, 1.54) is 17.8 Å². The zero-order valence-electron chi connectivity index (χ0n) is 14.7. The van der Waals surface area contributed by atoms with Crippen LogP contribution >= 0.6 is 22.9 Å². The van der Waals surface area contributed by atoms with Crippen molar-refractivity contribution >= 4 is 34.0 Å². The first-order valence-corrected chi connectivity index (χ1v) is 9.94. The van der Waals surface area contributed by atoms with E-state index in [0.29, 0.717) is 16.6 Å². The zero-order valence-corrected chi connectivity index (χ0v) is 16.2. The van der Waals surface area contributed by atoms with Crippen LogP contribution in [-0.4, -0.2) is 28.9 Å². The van der Waals surface area contributed by atoms with Crippen molar-refractivity contribution in [2.45, 2.75) is 33.2 Å². The zero-order chi connectivity index (χ0) is 17.8. The van der Waals surface area contributed by atoms with Crippen LogP contribution in [0.2, 0.25) is 5.02 Å². The maximum absolute atomic E-state index is 12.2. The van der Waals surface area contributed by atoms with Crippen LogP contribution in [0, 0.1) is 11.8 Å². The van der Waals surface area contributed by atoms with Crippen LogP contribution < -0.4 is 5.32 Å². The standard InChI is InChI=1S/C19H24ClN3OS/c1-13-7-14(2)10-23(9-13)11-17-12-25-19(21-17)22-18(24)8-15-3-5-16(20)6-4-15/h3-6,12-14H,7-11H2,1-2H3,(H,21,22,24)/t13-,14-/m1/s1. The smallest absolute Gasteiger partial charge is 0.230 e. The molecule has 2 heterocycles. The van der Waals surface area contributed by atoms with Crippen LogP contribution in [0.1, 0.15) is 31.5 Å². The molecule has 2 atom stereocenters. The number of rotatable bonds is 5. The summed E-state index contributed by atoms with van der Waals surface area (Å²) in [6, 6.07) is 7.33. The van der Waals surface area contributed by atoms with Crippen LogP contribution in [0.25, 0.3) is 0 Å². The number of likely N-dealkylation sites (tertiary alicyclic amines) is 1. The molecule has 3 rings (SSSR count). The minimum Gasteiger partial charge on any atom is -0.302 e. The Morgan fingerprint density at radius 3 is 2.64 bits per heavy atom. The van der Waals surface area contributed by atoms with Crippen LogP contribution in [0.5, 0.6) is 0 Å². The Kier molecular flexibility index (Phi) is 6.10. The number of amides is 1. The molecule has 1 fully saturated rings. The number of anilines is 1. The molecule has 0 bridgehead atoms. The largest absolute Gasteiger partial charge is 0.302 e. The quantitative estimate of drug-likeness (QED) is 0.836. The van der Waals surface area contributed by atoms with Crippen molar-refractivity contribution in [3.05, 3.63) is 45.9 Å². The lowest BCUT2D eigenvalue weighted by atomic mass is 9.92. The SMILES string of the molecule is C[C@@H]1C[C@@H](C)CN(Cc2csc(NC(=O)Cc3ccc(Cl)cc3)n2)C1. The average Bonchev–Trinajstić information content (AvgIpc) is 2.95. The molecule has 0 saturated carbocycles. The molecule has 4 nitrogen and oxygen atoms in total. The highest BCUT2D eigenvalue weighted by molar-refractivity contribution is 7.13. The lowest BCUT2D eigenvalue weighted by molar-refractivity contribution is -0.115. The molecule has 134 valence electrons. The number of nitrogens with one attached hydrogen (secondary N) is 1. The van der Waals surface area contributed by atoms with Crippen LogP contribution in [0.3, 0.4) is 0 Å². The van der Waals surface area contributed by atoms with Gasteiger partial charge in [0.15, 0.2) is 5.13 Å². The molecule has 0 radical (unpaired) electrons. The monoisotopic (exact) mass is 377 g/mol. The van der Waals surface area contributed by atoms with Gasteiger partial charge in [0.25, 0.3) is 0 Å². The molecular weight excluding hydrogens is 354 g/mol. The summed E-state index contributed by atoms with van der Waals surface area (Å²) in [7, 11) is 0. The van der Waals surface area contributed by atoms with Crippen molar-refractivity contribution in [3.63, 3.8) is 0 Å². The van der Waals surface area contributed by atoms with Crippen LogP contribution in [0.4, 0.5) is 5.13 Å². The van der Waals surface area contributed by atoms with Crippen molar-refractivity contribution in [1.29, 1.82) is 0 Å². The Bertz CT molecular complexity index is 706. The summed E-state index contributed by atoms with van der Waals surface area (Å²) in [5.41, 5.74) is 1.98. The van der Waals surface area contributed by atoms with Gasteiger partial charge in [-0.1, -0.05) is 37.6 Å². The molecule has 6 heteroatoms. The van der Waals surface area contributed by atoms with Gasteiger partial charge < -0.3 is 5.32 Å². The van der Waals surface area contributed by atoms with E-state index in [1.807, 2.05) is 17.5 Å². The summed E-state index contributed by atoms with van der Waals surface area (Å²) < 4.78 is 0. The van der Waals surface area contributed by atoms with Gasteiger partial charge in [-0.05, 0) is 36.0 Å². The number of benzene rings is 1. The Morgan fingerprint density at radius 1 is 1.28 bits per heavy atom. The topological polar surface area (TPSA) is 45.2 Å². The maximum Gasteiger partial charge on any atom is 0.230 e. The second-order valence-corrected chi connectivity index (χ2v) is 8.43. The number of hydrogen-bond acceptors (Lipinski definition) is 4. The molecule has 0 unspecified atom stereocenters. The molecular formula is C19H24ClN3OS. The van der Waals surface area contributed by atoms with E-state index in [9.17, 15) is 4.79 Å². The highest BCUT2D eigenvalue weighted by Gasteiger charge is 2.22. The first-order chi connectivity index (χ1) is 12.0. The van der Waals surface area contributed by atoms with Gasteiger partial charge in [-0.25, -0.2) is 4.98 Å². The fourth-order valence-electron chi connectivity index (χ4n) is 3.54. The Labute approximate surface area is 158 Å². The molecule has 25 heavy (non-hydrogen) atoms. The summed E-state index contributed by atoms with van der Waals surface area (Å²) in [4.78, 5) is 19.2. The molecule has 1 aliphatic rings. The van der Waals surface area contributed by atoms with E-state index in [1.54, 1.807) is 12.1 Å². The third-order valence-electron chi connectivity index (χ3n) is 4.41. The van der Waals surface area contributed by atoms with E-state index in [2.05, 4.69) is 29.0 Å². The van der Waals surface area contributed by atoms with Gasteiger partial charge in [0.05, 0.1) is 12.1 Å². The number of nitrogens with zero attached hydrogens (tertiary/aromatic N) is 2. The lowest BCUT2D eigenvalue weighted by Crippen LogP contribution is -2.38. The molecule has 0 aliphatic carbocycles. The average molecular weight is 378 g/mol. The summed E-state index contributed by atoms with van der Waals surface area (Å²) in [6.07, 6.45) is 1.63. The van der Waals surface area contributed by atoms with Gasteiger partial charge >= 0.3 is 0 Å². The molecule has 1 N–H and O–H groups in total.